The highest BCUT2D eigenvalue weighted by molar-refractivity contribution is 5.91. The SMILES string of the molecule is CN1CC(c2ccccc2)CC2(CCN(C(=O)c3ccc(CO)o3)CC2)C1. The summed E-state index contributed by atoms with van der Waals surface area (Å²) < 4.78 is 5.43. The highest BCUT2D eigenvalue weighted by Crippen LogP contribution is 2.44. The number of likely N-dealkylation sites (N-methyl/N-ethyl adjacent to an activating group) is 1. The van der Waals surface area contributed by atoms with E-state index in [1.807, 2.05) is 4.90 Å². The lowest BCUT2D eigenvalue weighted by molar-refractivity contribution is 0.0209. The summed E-state index contributed by atoms with van der Waals surface area (Å²) in [6.45, 7) is 3.56. The molecule has 5 heteroatoms. The van der Waals surface area contributed by atoms with E-state index in [1.54, 1.807) is 12.1 Å². The summed E-state index contributed by atoms with van der Waals surface area (Å²) in [6.07, 6.45) is 3.25. The van der Waals surface area contributed by atoms with Crippen LogP contribution in [0.3, 0.4) is 0 Å². The largest absolute Gasteiger partial charge is 0.453 e. The van der Waals surface area contributed by atoms with Gasteiger partial charge in [-0.3, -0.25) is 4.79 Å². The zero-order valence-electron chi connectivity index (χ0n) is 15.9. The molecular weight excluding hydrogens is 340 g/mol. The van der Waals surface area contributed by atoms with Crippen molar-refractivity contribution in [3.8, 4) is 0 Å². The minimum absolute atomic E-state index is 0.0617. The Hall–Kier alpha value is -2.11. The molecule has 1 N–H and O–H groups in total. The number of rotatable bonds is 3. The monoisotopic (exact) mass is 368 g/mol. The van der Waals surface area contributed by atoms with Crippen LogP contribution in [0.25, 0.3) is 0 Å². The molecule has 0 saturated carbocycles. The zero-order chi connectivity index (χ0) is 18.9. The molecule has 1 amide bonds. The summed E-state index contributed by atoms with van der Waals surface area (Å²) >= 11 is 0. The molecule has 144 valence electrons. The molecule has 1 unspecified atom stereocenters. The molecule has 2 aliphatic heterocycles. The van der Waals surface area contributed by atoms with Crippen LogP contribution >= 0.6 is 0 Å². The average Bonchev–Trinajstić information content (AvgIpc) is 3.17. The third-order valence-electron chi connectivity index (χ3n) is 6.23. The second kappa shape index (κ2) is 7.49. The van der Waals surface area contributed by atoms with Crippen molar-refractivity contribution >= 4 is 5.91 Å². The van der Waals surface area contributed by atoms with Crippen LogP contribution in [0.1, 0.15) is 47.1 Å². The van der Waals surface area contributed by atoms with Crippen LogP contribution < -0.4 is 0 Å². The highest BCUT2D eigenvalue weighted by Gasteiger charge is 2.42. The maximum atomic E-state index is 12.7. The molecule has 2 fully saturated rings. The van der Waals surface area contributed by atoms with Crippen molar-refractivity contribution in [3.63, 3.8) is 0 Å². The summed E-state index contributed by atoms with van der Waals surface area (Å²) in [6, 6.07) is 14.1. The molecule has 4 rings (SSSR count). The van der Waals surface area contributed by atoms with Crippen LogP contribution in [0.15, 0.2) is 46.9 Å². The van der Waals surface area contributed by atoms with Crippen molar-refractivity contribution in [1.29, 1.82) is 0 Å². The van der Waals surface area contributed by atoms with E-state index in [0.29, 0.717) is 17.4 Å². The van der Waals surface area contributed by atoms with Crippen LogP contribution in [-0.2, 0) is 6.61 Å². The second-order valence-corrected chi connectivity index (χ2v) is 8.22. The van der Waals surface area contributed by atoms with Gasteiger partial charge in [0, 0.05) is 26.2 Å². The van der Waals surface area contributed by atoms with Crippen LogP contribution in [0.2, 0.25) is 0 Å². The molecule has 1 aromatic heterocycles. The van der Waals surface area contributed by atoms with Crippen molar-refractivity contribution < 1.29 is 14.3 Å². The molecule has 1 spiro atoms. The molecule has 5 nitrogen and oxygen atoms in total. The summed E-state index contributed by atoms with van der Waals surface area (Å²) in [4.78, 5) is 17.0. The fraction of sp³-hybridized carbons (Fsp3) is 0.500. The molecule has 0 aliphatic carbocycles. The Morgan fingerprint density at radius 1 is 1.19 bits per heavy atom. The summed E-state index contributed by atoms with van der Waals surface area (Å²) in [7, 11) is 2.22. The fourth-order valence-corrected chi connectivity index (χ4v) is 4.89. The number of aliphatic hydroxyl groups is 1. The Labute approximate surface area is 160 Å². The van der Waals surface area contributed by atoms with E-state index in [1.165, 1.54) is 12.0 Å². The van der Waals surface area contributed by atoms with E-state index in [2.05, 4.69) is 42.3 Å². The lowest BCUT2D eigenvalue weighted by atomic mass is 9.68. The minimum Gasteiger partial charge on any atom is -0.453 e. The lowest BCUT2D eigenvalue weighted by Crippen LogP contribution is -2.51. The Bertz CT molecular complexity index is 778. The summed E-state index contributed by atoms with van der Waals surface area (Å²) in [5.41, 5.74) is 1.71. The number of hydrogen-bond donors (Lipinski definition) is 1. The van der Waals surface area contributed by atoms with Gasteiger partial charge >= 0.3 is 0 Å². The van der Waals surface area contributed by atoms with Crippen molar-refractivity contribution in [2.45, 2.75) is 31.8 Å². The average molecular weight is 368 g/mol. The molecule has 2 aliphatic rings. The van der Waals surface area contributed by atoms with Gasteiger partial charge in [0.1, 0.15) is 12.4 Å². The molecule has 27 heavy (non-hydrogen) atoms. The first kappa shape index (κ1) is 18.3. The van der Waals surface area contributed by atoms with E-state index in [9.17, 15) is 4.79 Å². The van der Waals surface area contributed by atoms with Gasteiger partial charge in [0.2, 0.25) is 0 Å². The zero-order valence-corrected chi connectivity index (χ0v) is 15.9. The van der Waals surface area contributed by atoms with Gasteiger partial charge < -0.3 is 19.3 Å². The number of aliphatic hydroxyl groups excluding tert-OH is 1. The van der Waals surface area contributed by atoms with E-state index in [4.69, 9.17) is 9.52 Å². The molecule has 1 atom stereocenters. The molecule has 0 bridgehead atoms. The van der Waals surface area contributed by atoms with Crippen LogP contribution in [0.4, 0.5) is 0 Å². The van der Waals surface area contributed by atoms with Gasteiger partial charge in [-0.1, -0.05) is 30.3 Å². The standard InChI is InChI=1S/C22H28N2O3/c1-23-14-18(17-5-3-2-4-6-17)13-22(16-23)9-11-24(12-10-22)21(26)20-8-7-19(15-25)27-20/h2-8,18,25H,9-16H2,1H3. The Morgan fingerprint density at radius 2 is 1.93 bits per heavy atom. The van der Waals surface area contributed by atoms with E-state index in [0.717, 1.165) is 39.0 Å². The van der Waals surface area contributed by atoms with Crippen molar-refractivity contribution in [3.05, 3.63) is 59.5 Å². The first-order chi connectivity index (χ1) is 13.1. The number of hydrogen-bond acceptors (Lipinski definition) is 4. The predicted octanol–water partition coefficient (Wildman–Crippen LogP) is 3.11. The van der Waals surface area contributed by atoms with Crippen LogP contribution in [-0.4, -0.2) is 54.0 Å². The molecule has 1 aromatic carbocycles. The lowest BCUT2D eigenvalue weighted by Gasteiger charge is -2.49. The number of carbonyl (C=O) groups is 1. The van der Waals surface area contributed by atoms with Gasteiger partial charge in [-0.25, -0.2) is 0 Å². The Kier molecular flexibility index (Phi) is 5.06. The molecule has 3 heterocycles. The number of nitrogens with zero attached hydrogens (tertiary/aromatic N) is 2. The van der Waals surface area contributed by atoms with Crippen molar-refractivity contribution in [2.24, 2.45) is 5.41 Å². The Morgan fingerprint density at radius 3 is 2.59 bits per heavy atom. The second-order valence-electron chi connectivity index (χ2n) is 8.22. The number of furan rings is 1. The molecule has 2 saturated heterocycles. The van der Waals surface area contributed by atoms with E-state index >= 15 is 0 Å². The van der Waals surface area contributed by atoms with Crippen molar-refractivity contribution in [1.82, 2.24) is 9.80 Å². The number of benzene rings is 1. The third kappa shape index (κ3) is 3.80. The summed E-state index contributed by atoms with van der Waals surface area (Å²) in [5.74, 6) is 1.27. The molecular formula is C22H28N2O3. The van der Waals surface area contributed by atoms with Crippen LogP contribution in [0.5, 0.6) is 0 Å². The first-order valence-electron chi connectivity index (χ1n) is 9.81. The van der Waals surface area contributed by atoms with Crippen molar-refractivity contribution in [2.75, 3.05) is 33.2 Å². The maximum absolute atomic E-state index is 12.7. The first-order valence-corrected chi connectivity index (χ1v) is 9.81. The van der Waals surface area contributed by atoms with E-state index < -0.39 is 0 Å². The fourth-order valence-electron chi connectivity index (χ4n) is 4.89. The number of amides is 1. The molecule has 2 aromatic rings. The van der Waals surface area contributed by atoms with E-state index in [-0.39, 0.29) is 17.9 Å². The third-order valence-corrected chi connectivity index (χ3v) is 6.23. The van der Waals surface area contributed by atoms with Gasteiger partial charge in [0.05, 0.1) is 0 Å². The van der Waals surface area contributed by atoms with Crippen LogP contribution in [0, 0.1) is 5.41 Å². The molecule has 0 radical (unpaired) electrons. The maximum Gasteiger partial charge on any atom is 0.289 e. The predicted molar refractivity (Wildman–Crippen MR) is 103 cm³/mol. The topological polar surface area (TPSA) is 56.9 Å². The van der Waals surface area contributed by atoms with Gasteiger partial charge in [-0.15, -0.1) is 0 Å². The van der Waals surface area contributed by atoms with Gasteiger partial charge in [-0.05, 0) is 55.3 Å². The normalized spacial score (nSPS) is 22.9. The quantitative estimate of drug-likeness (QED) is 0.904. The highest BCUT2D eigenvalue weighted by atomic mass is 16.4. The minimum atomic E-state index is -0.177. The number of carbonyl (C=O) groups excluding carboxylic acids is 1. The smallest absolute Gasteiger partial charge is 0.289 e. The number of likely N-dealkylation sites (tertiary alicyclic amines) is 2. The summed E-state index contributed by atoms with van der Waals surface area (Å²) in [5, 5.41) is 9.13. The number of piperidine rings is 2. The van der Waals surface area contributed by atoms with Gasteiger partial charge in [0.25, 0.3) is 5.91 Å². The van der Waals surface area contributed by atoms with Gasteiger partial charge in [0.15, 0.2) is 5.76 Å². The van der Waals surface area contributed by atoms with Gasteiger partial charge in [-0.2, -0.15) is 0 Å². The Balaban J connectivity index is 1.43.